The summed E-state index contributed by atoms with van der Waals surface area (Å²) in [5.41, 5.74) is 2.51. The second kappa shape index (κ2) is 10.8. The Morgan fingerprint density at radius 2 is 1.80 bits per heavy atom. The first kappa shape index (κ1) is 22.6. The van der Waals surface area contributed by atoms with Crippen LogP contribution < -0.4 is 10.2 Å². The zero-order chi connectivity index (χ0) is 21.5. The number of likely N-dealkylation sites (tertiary alicyclic amines) is 1. The number of carbonyl (C=O) groups excluding carboxylic acids is 2. The molecule has 0 spiro atoms. The molecule has 2 aliphatic rings. The number of hydrogen-bond donors (Lipinski definition) is 1. The number of rotatable bonds is 8. The molecule has 0 radical (unpaired) electrons. The van der Waals surface area contributed by atoms with Crippen LogP contribution in [0.25, 0.3) is 0 Å². The highest BCUT2D eigenvalue weighted by atomic mass is 16.2. The normalized spacial score (nSPS) is 18.5. The number of piperidine rings is 1. The molecule has 0 saturated carbocycles. The van der Waals surface area contributed by atoms with Crippen molar-refractivity contribution in [2.24, 2.45) is 11.8 Å². The van der Waals surface area contributed by atoms with Crippen LogP contribution in [0.15, 0.2) is 18.2 Å². The fourth-order valence-electron chi connectivity index (χ4n) is 4.62. The van der Waals surface area contributed by atoms with Crippen molar-refractivity contribution in [3.8, 4) is 0 Å². The second-order valence-corrected chi connectivity index (χ2v) is 9.14. The van der Waals surface area contributed by atoms with Gasteiger partial charge >= 0.3 is 0 Å². The summed E-state index contributed by atoms with van der Waals surface area (Å²) in [6.45, 7) is 10.2. The quantitative estimate of drug-likeness (QED) is 0.628. The first-order valence-corrected chi connectivity index (χ1v) is 12.0. The lowest BCUT2D eigenvalue weighted by molar-refractivity contribution is -0.120. The van der Waals surface area contributed by atoms with Gasteiger partial charge in [-0.1, -0.05) is 33.6 Å². The second-order valence-electron chi connectivity index (χ2n) is 9.14. The number of amides is 2. The molecule has 1 aromatic rings. The van der Waals surface area contributed by atoms with Crippen molar-refractivity contribution in [2.75, 3.05) is 36.4 Å². The number of nitrogens with one attached hydrogen (secondary N) is 1. The minimum Gasteiger partial charge on any atom is -0.371 e. The van der Waals surface area contributed by atoms with Crippen molar-refractivity contribution in [2.45, 2.75) is 72.1 Å². The van der Waals surface area contributed by atoms with Crippen molar-refractivity contribution in [1.29, 1.82) is 0 Å². The third-order valence-corrected chi connectivity index (χ3v) is 6.78. The average Bonchev–Trinajstić information content (AvgIpc) is 3.29. The van der Waals surface area contributed by atoms with E-state index in [0.29, 0.717) is 0 Å². The van der Waals surface area contributed by atoms with Crippen LogP contribution in [-0.2, 0) is 4.79 Å². The summed E-state index contributed by atoms with van der Waals surface area (Å²) in [6, 6.07) is 5.93. The van der Waals surface area contributed by atoms with Gasteiger partial charge in [-0.25, -0.2) is 0 Å². The van der Waals surface area contributed by atoms with Gasteiger partial charge in [0.25, 0.3) is 5.91 Å². The van der Waals surface area contributed by atoms with Gasteiger partial charge in [0, 0.05) is 43.5 Å². The Balaban J connectivity index is 1.82. The predicted octanol–water partition coefficient (Wildman–Crippen LogP) is 5.31. The van der Waals surface area contributed by atoms with Crippen molar-refractivity contribution < 1.29 is 9.59 Å². The Bertz CT molecular complexity index is 719. The molecular weight excluding hydrogens is 374 g/mol. The molecule has 30 heavy (non-hydrogen) atoms. The van der Waals surface area contributed by atoms with Crippen LogP contribution in [0.3, 0.4) is 0 Å². The lowest BCUT2D eigenvalue weighted by Gasteiger charge is -2.34. The Labute approximate surface area is 182 Å². The lowest BCUT2D eigenvalue weighted by atomic mass is 9.97. The first-order valence-electron chi connectivity index (χ1n) is 12.0. The molecule has 2 amide bonds. The highest BCUT2D eigenvalue weighted by Gasteiger charge is 2.26. The lowest BCUT2D eigenvalue weighted by Crippen LogP contribution is -2.36. The summed E-state index contributed by atoms with van der Waals surface area (Å²) in [6.07, 6.45) is 8.40. The zero-order valence-electron chi connectivity index (χ0n) is 19.1. The molecule has 0 unspecified atom stereocenters. The van der Waals surface area contributed by atoms with E-state index in [2.05, 4.69) is 31.0 Å². The van der Waals surface area contributed by atoms with Crippen molar-refractivity contribution in [3.05, 3.63) is 23.8 Å². The highest BCUT2D eigenvalue weighted by molar-refractivity contribution is 6.02. The SMILES string of the molecule is CCCC[C@H](CC)C(=O)Nc1ccc(N2CCC(C)CC2)c(C(=O)N2CCCC2)c1. The molecule has 3 rings (SSSR count). The molecule has 2 fully saturated rings. The van der Waals surface area contributed by atoms with E-state index in [-0.39, 0.29) is 17.7 Å². The molecule has 2 aliphatic heterocycles. The van der Waals surface area contributed by atoms with Gasteiger partial charge in [0.15, 0.2) is 0 Å². The molecule has 0 aliphatic carbocycles. The summed E-state index contributed by atoms with van der Waals surface area (Å²) >= 11 is 0. The van der Waals surface area contributed by atoms with Gasteiger partial charge < -0.3 is 15.1 Å². The summed E-state index contributed by atoms with van der Waals surface area (Å²) < 4.78 is 0. The fourth-order valence-corrected chi connectivity index (χ4v) is 4.62. The van der Waals surface area contributed by atoms with E-state index < -0.39 is 0 Å². The summed E-state index contributed by atoms with van der Waals surface area (Å²) in [5, 5.41) is 3.10. The standard InChI is InChI=1S/C25H39N3O2/c1-4-6-9-20(5-2)24(29)26-21-10-11-23(27-16-12-19(3)13-17-27)22(18-21)25(30)28-14-7-8-15-28/h10-11,18-20H,4-9,12-17H2,1-3H3,(H,26,29)/t20-/m0/s1. The number of unbranched alkanes of at least 4 members (excludes halogenated alkanes) is 1. The minimum absolute atomic E-state index is 0.0333. The van der Waals surface area contributed by atoms with E-state index in [4.69, 9.17) is 0 Å². The predicted molar refractivity (Wildman–Crippen MR) is 124 cm³/mol. The number of hydrogen-bond acceptors (Lipinski definition) is 3. The molecule has 1 aromatic carbocycles. The number of benzene rings is 1. The van der Waals surface area contributed by atoms with E-state index in [1.165, 1.54) is 0 Å². The van der Waals surface area contributed by atoms with Crippen LogP contribution in [0.1, 0.15) is 82.5 Å². The van der Waals surface area contributed by atoms with Crippen LogP contribution in [0, 0.1) is 11.8 Å². The Morgan fingerprint density at radius 1 is 1.10 bits per heavy atom. The fraction of sp³-hybridized carbons (Fsp3) is 0.680. The maximum absolute atomic E-state index is 13.3. The minimum atomic E-state index is 0.0333. The van der Waals surface area contributed by atoms with E-state index in [1.54, 1.807) is 0 Å². The van der Waals surface area contributed by atoms with Crippen LogP contribution in [0.4, 0.5) is 11.4 Å². The van der Waals surface area contributed by atoms with Crippen molar-refractivity contribution >= 4 is 23.2 Å². The Hall–Kier alpha value is -2.04. The molecule has 2 saturated heterocycles. The molecule has 2 heterocycles. The topological polar surface area (TPSA) is 52.7 Å². The number of nitrogens with zero attached hydrogens (tertiary/aromatic N) is 2. The largest absolute Gasteiger partial charge is 0.371 e. The van der Waals surface area contributed by atoms with E-state index in [9.17, 15) is 9.59 Å². The van der Waals surface area contributed by atoms with E-state index in [0.717, 1.165) is 100 Å². The third kappa shape index (κ3) is 5.55. The molecule has 0 bridgehead atoms. The van der Waals surface area contributed by atoms with Gasteiger partial charge in [0.1, 0.15) is 0 Å². The zero-order valence-corrected chi connectivity index (χ0v) is 19.1. The average molecular weight is 414 g/mol. The summed E-state index contributed by atoms with van der Waals surface area (Å²) in [5.74, 6) is 0.956. The highest BCUT2D eigenvalue weighted by Crippen LogP contribution is 2.31. The molecule has 0 aromatic heterocycles. The van der Waals surface area contributed by atoms with Gasteiger partial charge in [-0.2, -0.15) is 0 Å². The van der Waals surface area contributed by atoms with Crippen molar-refractivity contribution in [3.63, 3.8) is 0 Å². The molecule has 5 heteroatoms. The molecular formula is C25H39N3O2. The van der Waals surface area contributed by atoms with E-state index >= 15 is 0 Å². The van der Waals surface area contributed by atoms with Gasteiger partial charge in [0.05, 0.1) is 5.56 Å². The van der Waals surface area contributed by atoms with Crippen LogP contribution >= 0.6 is 0 Å². The first-order chi connectivity index (χ1) is 14.5. The Kier molecular flexibility index (Phi) is 8.17. The number of anilines is 2. The van der Waals surface area contributed by atoms with Crippen LogP contribution in [0.2, 0.25) is 0 Å². The van der Waals surface area contributed by atoms with Gasteiger partial charge in [-0.05, 0) is 62.6 Å². The van der Waals surface area contributed by atoms with Crippen LogP contribution in [-0.4, -0.2) is 42.9 Å². The van der Waals surface area contributed by atoms with Crippen LogP contribution in [0.5, 0.6) is 0 Å². The van der Waals surface area contributed by atoms with Gasteiger partial charge in [-0.3, -0.25) is 9.59 Å². The maximum Gasteiger partial charge on any atom is 0.256 e. The van der Waals surface area contributed by atoms with E-state index in [1.807, 2.05) is 23.1 Å². The van der Waals surface area contributed by atoms with Crippen molar-refractivity contribution in [1.82, 2.24) is 4.90 Å². The smallest absolute Gasteiger partial charge is 0.256 e. The monoisotopic (exact) mass is 413 g/mol. The molecule has 166 valence electrons. The van der Waals surface area contributed by atoms with Gasteiger partial charge in [-0.15, -0.1) is 0 Å². The Morgan fingerprint density at radius 3 is 2.43 bits per heavy atom. The number of carbonyl (C=O) groups is 2. The molecule has 1 atom stereocenters. The third-order valence-electron chi connectivity index (χ3n) is 6.78. The summed E-state index contributed by atoms with van der Waals surface area (Å²) in [7, 11) is 0. The summed E-state index contributed by atoms with van der Waals surface area (Å²) in [4.78, 5) is 30.4. The maximum atomic E-state index is 13.3. The molecule has 5 nitrogen and oxygen atoms in total. The molecule has 1 N–H and O–H groups in total. The van der Waals surface area contributed by atoms with Gasteiger partial charge in [0.2, 0.25) is 5.91 Å².